The average Bonchev–Trinajstić information content (AvgIpc) is 1.59. The lowest BCUT2D eigenvalue weighted by atomic mass is 10.2. The van der Waals surface area contributed by atoms with Crippen LogP contribution in [0.2, 0.25) is 0 Å². The first-order valence-corrected chi connectivity index (χ1v) is 3.49. The maximum absolute atomic E-state index is 8.59. The van der Waals surface area contributed by atoms with Crippen LogP contribution in [0.25, 0.3) is 0 Å². The van der Waals surface area contributed by atoms with Crippen LogP contribution in [0, 0.1) is 12.3 Å². The summed E-state index contributed by atoms with van der Waals surface area (Å²) in [4.78, 5) is 0. The van der Waals surface area contributed by atoms with Gasteiger partial charge in [-0.05, 0) is 34.6 Å². The zero-order chi connectivity index (χ0) is 9.71. The van der Waals surface area contributed by atoms with Crippen molar-refractivity contribution in [1.29, 1.82) is 0 Å². The number of hydrogen-bond acceptors (Lipinski definition) is 2. The van der Waals surface area contributed by atoms with E-state index in [1.54, 1.807) is 34.6 Å². The van der Waals surface area contributed by atoms with E-state index in [2.05, 4.69) is 5.92 Å². The van der Waals surface area contributed by atoms with E-state index in [4.69, 9.17) is 16.6 Å². The molecule has 0 rings (SSSR count). The Labute approximate surface area is 69.3 Å². The lowest BCUT2D eigenvalue weighted by Gasteiger charge is -2.04. The smallest absolute Gasteiger partial charge is 0.119 e. The van der Waals surface area contributed by atoms with Crippen LogP contribution in [0.15, 0.2) is 0 Å². The Morgan fingerprint density at radius 3 is 1.09 bits per heavy atom. The minimum absolute atomic E-state index is 0.500. The first kappa shape index (κ1) is 13.1. The van der Waals surface area contributed by atoms with Gasteiger partial charge in [-0.2, -0.15) is 0 Å². The van der Waals surface area contributed by atoms with Crippen molar-refractivity contribution in [1.82, 2.24) is 0 Å². The van der Waals surface area contributed by atoms with E-state index in [0.29, 0.717) is 0 Å². The van der Waals surface area contributed by atoms with E-state index in [9.17, 15) is 0 Å². The Hall–Kier alpha value is -0.520. The monoisotopic (exact) mass is 158 g/mol. The third-order valence-electron chi connectivity index (χ3n) is 0.353. The number of terminal acetylenes is 1. The van der Waals surface area contributed by atoms with Crippen molar-refractivity contribution < 1.29 is 10.2 Å². The van der Waals surface area contributed by atoms with Crippen molar-refractivity contribution in [2.24, 2.45) is 0 Å². The summed E-state index contributed by atoms with van der Waals surface area (Å²) >= 11 is 0. The van der Waals surface area contributed by atoms with Crippen molar-refractivity contribution in [3.8, 4) is 12.3 Å². The molecule has 11 heavy (non-hydrogen) atoms. The average molecular weight is 158 g/mol. The molecule has 0 spiro atoms. The van der Waals surface area contributed by atoms with Gasteiger partial charge in [0, 0.05) is 0 Å². The molecule has 0 fully saturated rings. The van der Waals surface area contributed by atoms with Crippen molar-refractivity contribution in [3.63, 3.8) is 0 Å². The zero-order valence-corrected chi connectivity index (χ0v) is 7.97. The molecular weight excluding hydrogens is 140 g/mol. The number of aliphatic hydroxyl groups is 2. The van der Waals surface area contributed by atoms with Crippen LogP contribution in [-0.2, 0) is 0 Å². The summed E-state index contributed by atoms with van der Waals surface area (Å²) < 4.78 is 0. The molecule has 0 aromatic carbocycles. The molecule has 2 N–H and O–H groups in total. The van der Waals surface area contributed by atoms with E-state index >= 15 is 0 Å². The van der Waals surface area contributed by atoms with Gasteiger partial charge in [0.2, 0.25) is 0 Å². The van der Waals surface area contributed by atoms with Crippen LogP contribution in [0.1, 0.15) is 34.6 Å². The third kappa shape index (κ3) is 86.2. The lowest BCUT2D eigenvalue weighted by Crippen LogP contribution is -2.13. The molecule has 0 atom stereocenters. The summed E-state index contributed by atoms with van der Waals surface area (Å²) in [7, 11) is 0. The van der Waals surface area contributed by atoms with Crippen LogP contribution >= 0.6 is 0 Å². The molecule has 66 valence electrons. The Bertz CT molecular complexity index is 123. The van der Waals surface area contributed by atoms with E-state index in [1.807, 2.05) is 0 Å². The van der Waals surface area contributed by atoms with Crippen LogP contribution < -0.4 is 0 Å². The van der Waals surface area contributed by atoms with Gasteiger partial charge in [0.15, 0.2) is 0 Å². The van der Waals surface area contributed by atoms with Crippen molar-refractivity contribution in [3.05, 3.63) is 0 Å². The highest BCUT2D eigenvalue weighted by molar-refractivity contribution is 5.00. The van der Waals surface area contributed by atoms with Gasteiger partial charge in [0.1, 0.15) is 5.60 Å². The van der Waals surface area contributed by atoms with Crippen LogP contribution in [0.4, 0.5) is 0 Å². The Morgan fingerprint density at radius 1 is 1.00 bits per heavy atom. The predicted molar refractivity (Wildman–Crippen MR) is 47.1 cm³/mol. The second-order valence-electron chi connectivity index (χ2n) is 3.87. The highest BCUT2D eigenvalue weighted by atomic mass is 16.3. The largest absolute Gasteiger partial charge is 0.391 e. The Kier molecular flexibility index (Phi) is 5.21. The summed E-state index contributed by atoms with van der Waals surface area (Å²) in [5.74, 6) is 2.16. The summed E-state index contributed by atoms with van der Waals surface area (Å²) in [5, 5.41) is 17.1. The molecule has 0 aromatic rings. The molecular formula is C9H18O2. The number of hydrogen-bond donors (Lipinski definition) is 2. The first-order valence-electron chi connectivity index (χ1n) is 3.49. The highest BCUT2D eigenvalue weighted by Gasteiger charge is 2.03. The summed E-state index contributed by atoms with van der Waals surface area (Å²) in [6.07, 6.45) is 4.81. The molecule has 0 unspecified atom stereocenters. The maximum atomic E-state index is 8.59. The Morgan fingerprint density at radius 2 is 1.09 bits per heavy atom. The number of rotatable bonds is 0. The lowest BCUT2D eigenvalue weighted by molar-refractivity contribution is 0.102. The Balaban J connectivity index is 0. The fourth-order valence-electron chi connectivity index (χ4n) is 0. The van der Waals surface area contributed by atoms with Crippen molar-refractivity contribution in [2.75, 3.05) is 0 Å². The van der Waals surface area contributed by atoms with Gasteiger partial charge in [-0.15, -0.1) is 6.42 Å². The summed E-state index contributed by atoms with van der Waals surface area (Å²) in [6.45, 7) is 8.35. The molecule has 0 aliphatic heterocycles. The molecule has 0 aromatic heterocycles. The van der Waals surface area contributed by atoms with Crippen molar-refractivity contribution in [2.45, 2.75) is 45.8 Å². The normalized spacial score (nSPS) is 11.1. The molecule has 0 radical (unpaired) electrons. The molecule has 0 saturated carbocycles. The molecule has 0 bridgehead atoms. The van der Waals surface area contributed by atoms with Crippen LogP contribution in [0.5, 0.6) is 0 Å². The van der Waals surface area contributed by atoms with Crippen LogP contribution in [0.3, 0.4) is 0 Å². The van der Waals surface area contributed by atoms with Gasteiger partial charge in [-0.1, -0.05) is 5.92 Å². The first-order chi connectivity index (χ1) is 4.56. The quantitative estimate of drug-likeness (QED) is 0.519. The topological polar surface area (TPSA) is 40.5 Å². The molecule has 0 aliphatic rings. The molecule has 0 amide bonds. The minimum atomic E-state index is -0.931. The minimum Gasteiger partial charge on any atom is -0.391 e. The summed E-state index contributed by atoms with van der Waals surface area (Å²) in [5.41, 5.74) is -1.43. The molecule has 0 saturated heterocycles. The maximum Gasteiger partial charge on any atom is 0.119 e. The molecule has 2 heteroatoms. The molecule has 0 heterocycles. The van der Waals surface area contributed by atoms with Crippen LogP contribution in [-0.4, -0.2) is 21.4 Å². The fourth-order valence-corrected chi connectivity index (χ4v) is 0. The highest BCUT2D eigenvalue weighted by Crippen LogP contribution is 1.94. The van der Waals surface area contributed by atoms with Gasteiger partial charge >= 0.3 is 0 Å². The third-order valence-corrected chi connectivity index (χ3v) is 0.353. The van der Waals surface area contributed by atoms with Gasteiger partial charge in [0.25, 0.3) is 0 Å². The second kappa shape index (κ2) is 4.38. The fraction of sp³-hybridized carbons (Fsp3) is 0.778. The van der Waals surface area contributed by atoms with Gasteiger partial charge in [-0.25, -0.2) is 0 Å². The van der Waals surface area contributed by atoms with E-state index in [0.717, 1.165) is 0 Å². The second-order valence-corrected chi connectivity index (χ2v) is 3.87. The molecule has 0 aliphatic carbocycles. The van der Waals surface area contributed by atoms with E-state index < -0.39 is 11.2 Å². The van der Waals surface area contributed by atoms with Gasteiger partial charge < -0.3 is 10.2 Å². The SMILES string of the molecule is C#CC(C)(C)O.CC(C)(C)O. The standard InChI is InChI=1S/C5H8O.C4H10O/c1-4-5(2,3)6;1-4(2,3)5/h1,6H,2-3H3;5H,1-3H3. The predicted octanol–water partition coefficient (Wildman–Crippen LogP) is 1.17. The van der Waals surface area contributed by atoms with E-state index in [1.165, 1.54) is 0 Å². The van der Waals surface area contributed by atoms with Gasteiger partial charge in [0.05, 0.1) is 5.60 Å². The molecule has 2 nitrogen and oxygen atoms in total. The van der Waals surface area contributed by atoms with E-state index in [-0.39, 0.29) is 0 Å². The van der Waals surface area contributed by atoms with Gasteiger partial charge in [-0.3, -0.25) is 0 Å². The van der Waals surface area contributed by atoms with Crippen molar-refractivity contribution >= 4 is 0 Å². The summed E-state index contributed by atoms with van der Waals surface area (Å²) in [6, 6.07) is 0. The zero-order valence-electron chi connectivity index (χ0n) is 7.97.